The number of hydrogen-bond donors (Lipinski definition) is 0. The molecule has 23 aromatic rings. The van der Waals surface area contributed by atoms with Gasteiger partial charge in [0.15, 0.2) is 0 Å². The van der Waals surface area contributed by atoms with Crippen LogP contribution in [0.5, 0.6) is 0 Å². The summed E-state index contributed by atoms with van der Waals surface area (Å²) in [5.74, 6) is 0. The molecule has 560 valence electrons. The molecule has 0 aliphatic carbocycles. The average molecular weight is 1550 g/mol. The number of fused-ring (bicyclic) bond motifs is 17. The van der Waals surface area contributed by atoms with Crippen molar-refractivity contribution >= 4 is 197 Å². The van der Waals surface area contributed by atoms with Gasteiger partial charge < -0.3 is 28.1 Å². The Labute approximate surface area is 708 Å². The molecule has 12 heterocycles. The summed E-state index contributed by atoms with van der Waals surface area (Å²) < 4.78 is 7.90. The van der Waals surface area contributed by atoms with Gasteiger partial charge in [0.25, 0.3) is 0 Å². The fourth-order valence-corrected chi connectivity index (χ4v) is 24.5. The van der Waals surface area contributed by atoms with Gasteiger partial charge in [-0.1, -0.05) is 315 Å². The minimum atomic E-state index is 0.0869. The summed E-state index contributed by atoms with van der Waals surface area (Å²) in [4.78, 5) is 7.65. The first kappa shape index (κ1) is 65.2. The highest BCUT2D eigenvalue weighted by atomic mass is 15.2. The van der Waals surface area contributed by atoms with Gasteiger partial charge in [0, 0.05) is 139 Å². The second-order valence-corrected chi connectivity index (χ2v) is 34.6. The zero-order valence-corrected chi connectivity index (χ0v) is 66.4. The molecule has 0 N–H and O–H groups in total. The topological polar surface area (TPSA) is 24.5 Å². The molecule has 0 radical (unpaired) electrons. The van der Waals surface area contributed by atoms with Crippen molar-refractivity contribution in [2.75, 3.05) is 14.6 Å². The summed E-state index contributed by atoms with van der Waals surface area (Å²) in [5, 5.41) is 16.1. The molecular weight excluding hydrogens is 1490 g/mol. The molecule has 6 nitrogen and oxygen atoms in total. The first-order valence-corrected chi connectivity index (χ1v) is 43.1. The summed E-state index contributed by atoms with van der Waals surface area (Å²) in [5.41, 5.74) is 48.9. The van der Waals surface area contributed by atoms with E-state index < -0.39 is 0 Å². The van der Waals surface area contributed by atoms with Crippen molar-refractivity contribution in [2.24, 2.45) is 0 Å². The molecule has 123 heavy (non-hydrogen) atoms. The lowest BCUT2D eigenvalue weighted by Crippen LogP contribution is -2.62. The number of aromatic nitrogens is 3. The second kappa shape index (κ2) is 23.6. The van der Waals surface area contributed by atoms with Crippen molar-refractivity contribution in [2.45, 2.75) is 0 Å². The van der Waals surface area contributed by atoms with E-state index in [4.69, 9.17) is 0 Å². The van der Waals surface area contributed by atoms with E-state index in [9.17, 15) is 0 Å². The Morgan fingerprint density at radius 1 is 0.171 bits per heavy atom. The third-order valence-electron chi connectivity index (χ3n) is 29.1. The number of nitrogens with zero attached hydrogens (tertiary/aromatic N) is 6. The monoisotopic (exact) mass is 1550 g/mol. The first-order chi connectivity index (χ1) is 61.1. The molecule has 0 bridgehead atoms. The van der Waals surface area contributed by atoms with Crippen molar-refractivity contribution in [3.63, 3.8) is 0 Å². The lowest BCUT2D eigenvalue weighted by Gasteiger charge is -2.48. The van der Waals surface area contributed by atoms with Gasteiger partial charge in [-0.25, -0.2) is 0 Å². The van der Waals surface area contributed by atoms with Crippen LogP contribution >= 0.6 is 0 Å². The van der Waals surface area contributed by atoms with Crippen LogP contribution in [0.1, 0.15) is 0 Å². The predicted octanol–water partition coefficient (Wildman–Crippen LogP) is 25.2. The van der Waals surface area contributed by atoms with Gasteiger partial charge in [-0.15, -0.1) is 0 Å². The third-order valence-corrected chi connectivity index (χ3v) is 29.1. The standard InChI is InChI=1S/C42H25BN2.C36H19BN2.C36H21BN2/c1-2-10-26(11-3-1)27-20-22-28(23-21-27)44-37-19-9-16-34-31-14-6-7-17-35(31)45-36-18-8-15-32-29-12-4-5-13-30(29)33-24-25-38(44)42(40(33)39(32)36)43(45)41(34)37;1-2-7-20(8-3-1)21-15-18-30-29(19-21)28-17-16-23-25-11-5-13-27-26-12-4-10-24-22-9-6-14-31-32(22)37(33(23)36(28)38(30)31)39(34(24)26)35(25)27;1-2-9-22(10-3-1)23-11-4-12-24(21-23)38-31-19-7-13-25-27-15-5-17-29-30-18-6-16-28-26-14-8-20-32(38)34(26)37(33(25)31)39(35(27)29)36(28)30/h1-25H;1-19H;1-21H. The van der Waals surface area contributed by atoms with Crippen LogP contribution in [0.3, 0.4) is 0 Å². The van der Waals surface area contributed by atoms with Gasteiger partial charge in [-0.2, -0.15) is 0 Å². The number of anilines is 8. The predicted molar refractivity (Wildman–Crippen MR) is 520 cm³/mol. The maximum absolute atomic E-state index is 2.68. The fraction of sp³-hybridized carbons (Fsp3) is 0. The van der Waals surface area contributed by atoms with Crippen LogP contribution in [0, 0.1) is 0 Å². The molecule has 0 unspecified atom stereocenters. The largest absolute Gasteiger partial charge is 0.376 e. The lowest BCUT2D eigenvalue weighted by atomic mass is 9.41. The van der Waals surface area contributed by atoms with E-state index in [2.05, 4.69) is 422 Å². The number of benzene rings is 20. The van der Waals surface area contributed by atoms with Crippen LogP contribution in [-0.2, 0) is 0 Å². The molecule has 9 heteroatoms. The molecule has 20 aromatic carbocycles. The molecule has 32 rings (SSSR count). The van der Waals surface area contributed by atoms with Crippen molar-refractivity contribution in [1.82, 2.24) is 13.5 Å². The van der Waals surface area contributed by atoms with Crippen molar-refractivity contribution in [1.29, 1.82) is 0 Å². The van der Waals surface area contributed by atoms with E-state index in [1.165, 1.54) is 271 Å². The van der Waals surface area contributed by atoms with Gasteiger partial charge in [-0.05, 0) is 200 Å². The molecule has 0 saturated heterocycles. The SMILES string of the molecule is c1ccc(-c2ccc(N3c4cccc5c4B4c6c3ccc3c7ccccc7c7cccc(c7c63)N4c3ccccc3-5)cc2)cc1.c1ccc(-c2ccc3c(c2)c2ccc4c5c2n3-c2cccc3c2B5n2c5c-3cccc5c3cccc-4c32)cc1.c1ccc(-c2cccc(N3c4cccc5c4B4c6c(cccc63)-c3cccc6c7cccc-5c7n4c36)c2)cc1. The highest BCUT2D eigenvalue weighted by molar-refractivity contribution is 6.97. The van der Waals surface area contributed by atoms with E-state index in [1.54, 1.807) is 0 Å². The van der Waals surface area contributed by atoms with Crippen molar-refractivity contribution in [3.05, 3.63) is 394 Å². The van der Waals surface area contributed by atoms with Crippen molar-refractivity contribution < 1.29 is 0 Å². The van der Waals surface area contributed by atoms with E-state index in [-0.39, 0.29) is 20.5 Å². The lowest BCUT2D eigenvalue weighted by molar-refractivity contribution is 1.17. The van der Waals surface area contributed by atoms with Crippen molar-refractivity contribution in [3.8, 4) is 94.7 Å². The third kappa shape index (κ3) is 8.19. The normalized spacial score (nSPS) is 13.6. The zero-order valence-electron chi connectivity index (χ0n) is 66.4. The van der Waals surface area contributed by atoms with Crippen LogP contribution in [0.2, 0.25) is 0 Å². The minimum absolute atomic E-state index is 0.0869. The molecule has 3 aromatic heterocycles. The molecule has 0 saturated carbocycles. The number of rotatable bonds is 5. The van der Waals surface area contributed by atoms with E-state index >= 15 is 0 Å². The Morgan fingerprint density at radius 3 is 1.13 bits per heavy atom. The molecular formula is C114H65B3N6. The molecule has 9 aliphatic heterocycles. The molecule has 0 spiro atoms. The fourth-order valence-electron chi connectivity index (χ4n) is 24.5. The maximum atomic E-state index is 2.68. The Bertz CT molecular complexity index is 8690. The zero-order chi connectivity index (χ0) is 79.4. The van der Waals surface area contributed by atoms with E-state index in [0.717, 1.165) is 0 Å². The number of para-hydroxylation sites is 5. The Balaban J connectivity index is 0.0000000912. The van der Waals surface area contributed by atoms with E-state index in [1.807, 2.05) is 0 Å². The number of hydrogen-bond acceptors (Lipinski definition) is 3. The average Bonchev–Trinajstić information content (AvgIpc) is 1.61. The van der Waals surface area contributed by atoms with Crippen LogP contribution in [0.25, 0.3) is 192 Å². The Morgan fingerprint density at radius 2 is 0.537 bits per heavy atom. The van der Waals surface area contributed by atoms with Gasteiger partial charge in [-0.3, -0.25) is 0 Å². The minimum Gasteiger partial charge on any atom is -0.376 e. The van der Waals surface area contributed by atoms with Gasteiger partial charge in [0.1, 0.15) is 0 Å². The summed E-state index contributed by atoms with van der Waals surface area (Å²) in [6, 6.07) is 147. The first-order valence-electron chi connectivity index (χ1n) is 43.1. The molecule has 0 atom stereocenters. The quantitative estimate of drug-likeness (QED) is 0.127. The highest BCUT2D eigenvalue weighted by Crippen LogP contribution is 2.56. The van der Waals surface area contributed by atoms with Crippen LogP contribution in [0.4, 0.5) is 45.5 Å². The smallest absolute Gasteiger partial charge is 0.333 e. The summed E-state index contributed by atoms with van der Waals surface area (Å²) >= 11 is 0. The summed E-state index contributed by atoms with van der Waals surface area (Å²) in [6.45, 7) is 0.440. The second-order valence-electron chi connectivity index (χ2n) is 34.6. The summed E-state index contributed by atoms with van der Waals surface area (Å²) in [6.07, 6.45) is 0. The molecule has 0 amide bonds. The maximum Gasteiger partial charge on any atom is 0.333 e. The highest BCUT2D eigenvalue weighted by Gasteiger charge is 2.51. The molecule has 9 aliphatic rings. The summed E-state index contributed by atoms with van der Waals surface area (Å²) in [7, 11) is 0. The Kier molecular flexibility index (Phi) is 12.5. The van der Waals surface area contributed by atoms with Gasteiger partial charge in [0.05, 0.1) is 11.0 Å². The van der Waals surface area contributed by atoms with Crippen LogP contribution in [-0.4, -0.2) is 34.1 Å². The van der Waals surface area contributed by atoms with Gasteiger partial charge in [0.2, 0.25) is 0 Å². The van der Waals surface area contributed by atoms with Crippen LogP contribution in [0.15, 0.2) is 394 Å². The molecule has 0 fully saturated rings. The van der Waals surface area contributed by atoms with Crippen LogP contribution < -0.4 is 47.4 Å². The van der Waals surface area contributed by atoms with Gasteiger partial charge >= 0.3 is 20.5 Å². The van der Waals surface area contributed by atoms with E-state index in [0.29, 0.717) is 0 Å². The Hall–Kier alpha value is -15.8.